The first-order valence-corrected chi connectivity index (χ1v) is 11.0. The summed E-state index contributed by atoms with van der Waals surface area (Å²) in [6, 6.07) is 21.0. The van der Waals surface area contributed by atoms with E-state index in [0.29, 0.717) is 4.57 Å². The smallest absolute Gasteiger partial charge is 0.344 e. The molecule has 1 N–H and O–H groups in total. The molecule has 0 aliphatic carbocycles. The predicted molar refractivity (Wildman–Crippen MR) is 127 cm³/mol. The minimum atomic E-state index is -4.60. The van der Waals surface area contributed by atoms with Gasteiger partial charge in [-0.2, -0.15) is 23.0 Å². The highest BCUT2D eigenvalue weighted by Gasteiger charge is 2.30. The molecule has 0 saturated heterocycles. The summed E-state index contributed by atoms with van der Waals surface area (Å²) < 4.78 is 41.1. The Labute approximate surface area is 203 Å². The minimum Gasteiger partial charge on any atom is -0.344 e. The van der Waals surface area contributed by atoms with Gasteiger partial charge in [0.05, 0.1) is 23.8 Å². The van der Waals surface area contributed by atoms with Crippen molar-refractivity contribution in [2.45, 2.75) is 25.7 Å². The molecule has 0 fully saturated rings. The number of alkyl halides is 3. The van der Waals surface area contributed by atoms with Crippen molar-refractivity contribution in [3.8, 4) is 5.69 Å². The number of carbonyl (C=O) groups is 1. The van der Waals surface area contributed by atoms with E-state index in [1.54, 1.807) is 61.5 Å². The lowest BCUT2D eigenvalue weighted by atomic mass is 10.1. The van der Waals surface area contributed by atoms with E-state index in [-0.39, 0.29) is 11.3 Å². The maximum Gasteiger partial charge on any atom is 0.416 e. The van der Waals surface area contributed by atoms with E-state index >= 15 is 0 Å². The summed E-state index contributed by atoms with van der Waals surface area (Å²) in [5.41, 5.74) is -2.25. The van der Waals surface area contributed by atoms with Gasteiger partial charge in [-0.25, -0.2) is 4.79 Å². The van der Waals surface area contributed by atoms with E-state index in [9.17, 15) is 27.6 Å². The fourth-order valence-corrected chi connectivity index (χ4v) is 3.65. The van der Waals surface area contributed by atoms with Crippen LogP contribution in [0.2, 0.25) is 0 Å². The lowest BCUT2D eigenvalue weighted by Gasteiger charge is -2.16. The van der Waals surface area contributed by atoms with Crippen molar-refractivity contribution in [2.75, 3.05) is 0 Å². The van der Waals surface area contributed by atoms with Gasteiger partial charge in [0.2, 0.25) is 5.69 Å². The molecule has 4 aromatic rings. The Morgan fingerprint density at radius 3 is 2.22 bits per heavy atom. The van der Waals surface area contributed by atoms with Crippen LogP contribution < -0.4 is 16.6 Å². The summed E-state index contributed by atoms with van der Waals surface area (Å²) in [7, 11) is 0. The number of halogens is 3. The van der Waals surface area contributed by atoms with Crippen LogP contribution in [-0.2, 0) is 12.7 Å². The van der Waals surface area contributed by atoms with E-state index in [1.165, 1.54) is 12.1 Å². The summed E-state index contributed by atoms with van der Waals surface area (Å²) in [5, 5.41) is 6.72. The van der Waals surface area contributed by atoms with Crippen molar-refractivity contribution in [1.29, 1.82) is 0 Å². The summed E-state index contributed by atoms with van der Waals surface area (Å²) >= 11 is 0. The van der Waals surface area contributed by atoms with Crippen molar-refractivity contribution >= 4 is 5.91 Å². The lowest BCUT2D eigenvalue weighted by molar-refractivity contribution is -0.137. The van der Waals surface area contributed by atoms with Gasteiger partial charge in [0.15, 0.2) is 0 Å². The molecule has 0 radical (unpaired) electrons. The SMILES string of the molecule is C[C@@H](NC(=O)c1nn(-c2ccccc2)c(=O)n(Cc2cccc(C(F)(F)F)c2)c1=O)c1ccccc1. The Kier molecular flexibility index (Phi) is 6.86. The predicted octanol–water partition coefficient (Wildman–Crippen LogP) is 3.95. The van der Waals surface area contributed by atoms with Crippen molar-refractivity contribution in [2.24, 2.45) is 0 Å². The van der Waals surface area contributed by atoms with Gasteiger partial charge < -0.3 is 5.32 Å². The van der Waals surface area contributed by atoms with Crippen molar-refractivity contribution in [1.82, 2.24) is 19.7 Å². The molecule has 10 heteroatoms. The molecule has 7 nitrogen and oxygen atoms in total. The zero-order valence-electron chi connectivity index (χ0n) is 19.1. The fourth-order valence-electron chi connectivity index (χ4n) is 3.65. The Morgan fingerprint density at radius 2 is 1.58 bits per heavy atom. The van der Waals surface area contributed by atoms with E-state index in [0.717, 1.165) is 22.4 Å². The molecule has 36 heavy (non-hydrogen) atoms. The van der Waals surface area contributed by atoms with Crippen LogP contribution in [0.1, 0.15) is 40.1 Å². The summed E-state index contributed by atoms with van der Waals surface area (Å²) in [6.07, 6.45) is -4.60. The van der Waals surface area contributed by atoms with Crippen LogP contribution in [0.4, 0.5) is 13.2 Å². The zero-order valence-corrected chi connectivity index (χ0v) is 19.1. The topological polar surface area (TPSA) is 86.0 Å². The molecule has 0 aliphatic rings. The fraction of sp³-hybridized carbons (Fsp3) is 0.154. The van der Waals surface area contributed by atoms with Gasteiger partial charge in [-0.15, -0.1) is 0 Å². The molecular formula is C26H21F3N4O3. The number of hydrogen-bond acceptors (Lipinski definition) is 4. The van der Waals surface area contributed by atoms with Gasteiger partial charge >= 0.3 is 11.9 Å². The standard InChI is InChI=1S/C26H21F3N4O3/c1-17(19-10-4-2-5-11-19)30-23(34)22-24(35)32(16-18-9-8-12-20(15-18)26(27,28)29)25(36)33(31-22)21-13-6-3-7-14-21/h2-15,17H,16H2,1H3,(H,30,34)/t17-/m1/s1. The van der Waals surface area contributed by atoms with E-state index < -0.39 is 47.2 Å². The van der Waals surface area contributed by atoms with Crippen molar-refractivity contribution in [3.63, 3.8) is 0 Å². The first kappa shape index (κ1) is 24.6. The molecule has 184 valence electrons. The number of nitrogens with zero attached hydrogens (tertiary/aromatic N) is 3. The number of para-hydroxylation sites is 1. The number of nitrogens with one attached hydrogen (secondary N) is 1. The average molecular weight is 494 g/mol. The van der Waals surface area contributed by atoms with Crippen LogP contribution >= 0.6 is 0 Å². The maximum absolute atomic E-state index is 13.2. The van der Waals surface area contributed by atoms with Crippen molar-refractivity contribution in [3.05, 3.63) is 128 Å². The van der Waals surface area contributed by atoms with E-state index in [2.05, 4.69) is 10.4 Å². The molecule has 1 heterocycles. The first-order valence-electron chi connectivity index (χ1n) is 11.0. The molecule has 0 saturated carbocycles. The Balaban J connectivity index is 1.80. The molecule has 1 aromatic heterocycles. The summed E-state index contributed by atoms with van der Waals surface area (Å²) in [4.78, 5) is 39.5. The van der Waals surface area contributed by atoms with Gasteiger partial charge in [0, 0.05) is 0 Å². The number of rotatable bonds is 6. The Hall–Kier alpha value is -4.47. The number of carbonyl (C=O) groups excluding carboxylic acids is 1. The van der Waals surface area contributed by atoms with Crippen LogP contribution in [0, 0.1) is 0 Å². The van der Waals surface area contributed by atoms with Gasteiger partial charge in [0.25, 0.3) is 11.5 Å². The molecule has 0 bridgehead atoms. The lowest BCUT2D eigenvalue weighted by Crippen LogP contribution is -2.46. The molecule has 1 atom stereocenters. The third kappa shape index (κ3) is 5.27. The first-order chi connectivity index (χ1) is 17.1. The molecule has 0 spiro atoms. The Morgan fingerprint density at radius 1 is 0.944 bits per heavy atom. The quantitative estimate of drug-likeness (QED) is 0.440. The highest BCUT2D eigenvalue weighted by molar-refractivity contribution is 5.92. The summed E-state index contributed by atoms with van der Waals surface area (Å²) in [6.45, 7) is 1.24. The second-order valence-electron chi connectivity index (χ2n) is 8.07. The third-order valence-corrected chi connectivity index (χ3v) is 5.52. The van der Waals surface area contributed by atoms with Gasteiger partial charge in [-0.1, -0.05) is 60.7 Å². The second-order valence-corrected chi connectivity index (χ2v) is 8.07. The molecule has 3 aromatic carbocycles. The molecular weight excluding hydrogens is 473 g/mol. The Bertz CT molecular complexity index is 1500. The average Bonchev–Trinajstić information content (AvgIpc) is 2.87. The van der Waals surface area contributed by atoms with Crippen LogP contribution in [0.5, 0.6) is 0 Å². The van der Waals surface area contributed by atoms with Crippen molar-refractivity contribution < 1.29 is 18.0 Å². The highest BCUT2D eigenvalue weighted by Crippen LogP contribution is 2.29. The van der Waals surface area contributed by atoms with Crippen LogP contribution in [-0.4, -0.2) is 20.3 Å². The maximum atomic E-state index is 13.2. The monoisotopic (exact) mass is 494 g/mol. The van der Waals surface area contributed by atoms with Crippen LogP contribution in [0.3, 0.4) is 0 Å². The van der Waals surface area contributed by atoms with Crippen LogP contribution in [0.25, 0.3) is 5.69 Å². The van der Waals surface area contributed by atoms with E-state index in [4.69, 9.17) is 0 Å². The minimum absolute atomic E-state index is 0.0684. The van der Waals surface area contributed by atoms with Crippen LogP contribution in [0.15, 0.2) is 94.5 Å². The van der Waals surface area contributed by atoms with Gasteiger partial charge in [0.1, 0.15) is 0 Å². The zero-order chi connectivity index (χ0) is 25.9. The largest absolute Gasteiger partial charge is 0.416 e. The summed E-state index contributed by atoms with van der Waals surface area (Å²) in [5.74, 6) is -0.821. The molecule has 0 unspecified atom stereocenters. The molecule has 0 aliphatic heterocycles. The number of benzene rings is 3. The van der Waals surface area contributed by atoms with Gasteiger partial charge in [-0.3, -0.25) is 14.2 Å². The third-order valence-electron chi connectivity index (χ3n) is 5.52. The molecule has 4 rings (SSSR count). The van der Waals surface area contributed by atoms with E-state index in [1.807, 2.05) is 6.07 Å². The number of amides is 1. The molecule has 1 amide bonds. The highest BCUT2D eigenvalue weighted by atomic mass is 19.4. The number of aromatic nitrogens is 3. The second kappa shape index (κ2) is 10.0. The number of hydrogen-bond donors (Lipinski definition) is 1. The van der Waals surface area contributed by atoms with Gasteiger partial charge in [-0.05, 0) is 42.3 Å². The normalized spacial score (nSPS) is 12.2.